The number of ether oxygens (including phenoxy) is 1. The SMILES string of the molecule is COc1cc(C(F)(F)F)cnc1NS(=O)(=O)c1c[nH]c2cc(Cl)ccc12. The number of hydrogen-bond donors (Lipinski definition) is 2. The lowest BCUT2D eigenvalue weighted by Gasteiger charge is -2.13. The second-order valence-corrected chi connectivity index (χ2v) is 7.31. The van der Waals surface area contributed by atoms with Crippen LogP contribution in [0, 0.1) is 0 Å². The average Bonchev–Trinajstić information content (AvgIpc) is 2.97. The molecule has 0 saturated carbocycles. The number of sulfonamides is 1. The van der Waals surface area contributed by atoms with Crippen molar-refractivity contribution in [2.24, 2.45) is 0 Å². The van der Waals surface area contributed by atoms with Crippen molar-refractivity contribution in [1.82, 2.24) is 9.97 Å². The van der Waals surface area contributed by atoms with Crippen LogP contribution in [-0.2, 0) is 16.2 Å². The first-order valence-corrected chi connectivity index (χ1v) is 8.88. The van der Waals surface area contributed by atoms with Gasteiger partial charge in [0.2, 0.25) is 0 Å². The number of aromatic nitrogens is 2. The molecule has 0 fully saturated rings. The van der Waals surface area contributed by atoms with Crippen molar-refractivity contribution in [2.45, 2.75) is 11.1 Å². The van der Waals surface area contributed by atoms with Gasteiger partial charge < -0.3 is 9.72 Å². The highest BCUT2D eigenvalue weighted by molar-refractivity contribution is 7.93. The molecule has 2 aromatic heterocycles. The number of H-pyrrole nitrogens is 1. The summed E-state index contributed by atoms with van der Waals surface area (Å²) in [5, 5.41) is 0.787. The first-order valence-electron chi connectivity index (χ1n) is 7.02. The van der Waals surface area contributed by atoms with Crippen LogP contribution in [0.3, 0.4) is 0 Å². The van der Waals surface area contributed by atoms with Crippen molar-refractivity contribution in [3.63, 3.8) is 0 Å². The van der Waals surface area contributed by atoms with Gasteiger partial charge in [0.25, 0.3) is 10.0 Å². The van der Waals surface area contributed by atoms with Gasteiger partial charge in [0.1, 0.15) is 4.90 Å². The van der Waals surface area contributed by atoms with Crippen LogP contribution in [0.15, 0.2) is 41.6 Å². The minimum atomic E-state index is -4.63. The zero-order valence-corrected chi connectivity index (χ0v) is 14.6. The van der Waals surface area contributed by atoms with E-state index in [1.54, 1.807) is 6.07 Å². The van der Waals surface area contributed by atoms with Gasteiger partial charge in [-0.1, -0.05) is 11.6 Å². The fourth-order valence-electron chi connectivity index (χ4n) is 2.31. The van der Waals surface area contributed by atoms with Crippen LogP contribution in [0.4, 0.5) is 19.0 Å². The standard InChI is InChI=1S/C15H11ClF3N3O3S/c1-25-12-4-8(15(17,18)19)6-21-14(12)22-26(23,24)13-7-20-11-5-9(16)2-3-10(11)13/h2-7,20H,1H3,(H,21,22). The summed E-state index contributed by atoms with van der Waals surface area (Å²) in [5.74, 6) is -0.713. The van der Waals surface area contributed by atoms with Crippen LogP contribution >= 0.6 is 11.6 Å². The fraction of sp³-hybridized carbons (Fsp3) is 0.133. The summed E-state index contributed by atoms with van der Waals surface area (Å²) in [7, 11) is -3.02. The van der Waals surface area contributed by atoms with Crippen molar-refractivity contribution in [3.05, 3.63) is 47.2 Å². The summed E-state index contributed by atoms with van der Waals surface area (Å²) in [6.45, 7) is 0. The minimum absolute atomic E-state index is 0.104. The lowest BCUT2D eigenvalue weighted by Crippen LogP contribution is -2.15. The Bertz CT molecular complexity index is 1080. The second kappa shape index (κ2) is 6.36. The van der Waals surface area contributed by atoms with Gasteiger partial charge in [0.15, 0.2) is 11.6 Å². The third-order valence-corrected chi connectivity index (χ3v) is 5.14. The number of aromatic amines is 1. The Hall–Kier alpha value is -2.46. The maximum atomic E-state index is 12.8. The van der Waals surface area contributed by atoms with Gasteiger partial charge in [-0.25, -0.2) is 13.4 Å². The van der Waals surface area contributed by atoms with E-state index in [1.165, 1.54) is 18.3 Å². The molecule has 1 aromatic carbocycles. The number of nitrogens with one attached hydrogen (secondary N) is 2. The lowest BCUT2D eigenvalue weighted by molar-refractivity contribution is -0.137. The zero-order chi connectivity index (χ0) is 19.1. The molecule has 26 heavy (non-hydrogen) atoms. The Labute approximate surface area is 151 Å². The number of alkyl halides is 3. The lowest BCUT2D eigenvalue weighted by atomic mass is 10.2. The average molecular weight is 406 g/mol. The van der Waals surface area contributed by atoms with Gasteiger partial charge in [0, 0.05) is 28.3 Å². The number of hydrogen-bond acceptors (Lipinski definition) is 4. The van der Waals surface area contributed by atoms with E-state index in [2.05, 4.69) is 14.7 Å². The first-order chi connectivity index (χ1) is 12.1. The number of halogens is 4. The predicted molar refractivity (Wildman–Crippen MR) is 89.9 cm³/mol. The number of rotatable bonds is 4. The van der Waals surface area contributed by atoms with Crippen LogP contribution in [0.2, 0.25) is 5.02 Å². The monoisotopic (exact) mass is 405 g/mol. The topological polar surface area (TPSA) is 84.1 Å². The van der Waals surface area contributed by atoms with Gasteiger partial charge in [-0.3, -0.25) is 4.72 Å². The van der Waals surface area contributed by atoms with E-state index in [0.717, 1.165) is 7.11 Å². The number of fused-ring (bicyclic) bond motifs is 1. The molecule has 0 saturated heterocycles. The highest BCUT2D eigenvalue weighted by Crippen LogP contribution is 2.35. The van der Waals surface area contributed by atoms with Crippen LogP contribution in [0.5, 0.6) is 5.75 Å². The normalized spacial score (nSPS) is 12.3. The third kappa shape index (κ3) is 3.42. The molecule has 11 heteroatoms. The van der Waals surface area contributed by atoms with Gasteiger partial charge in [-0.15, -0.1) is 0 Å². The van der Waals surface area contributed by atoms with E-state index >= 15 is 0 Å². The summed E-state index contributed by atoms with van der Waals surface area (Å²) in [6.07, 6.45) is -2.86. The van der Waals surface area contributed by atoms with E-state index in [1.807, 2.05) is 0 Å². The number of nitrogens with zero attached hydrogens (tertiary/aromatic N) is 1. The van der Waals surface area contributed by atoms with Crippen molar-refractivity contribution in [3.8, 4) is 5.75 Å². The molecule has 6 nitrogen and oxygen atoms in total. The Morgan fingerprint density at radius 3 is 2.65 bits per heavy atom. The van der Waals surface area contributed by atoms with E-state index in [4.69, 9.17) is 16.3 Å². The van der Waals surface area contributed by atoms with Gasteiger partial charge >= 0.3 is 6.18 Å². The molecule has 2 N–H and O–H groups in total. The Kier molecular flexibility index (Phi) is 4.49. The molecule has 0 atom stereocenters. The highest BCUT2D eigenvalue weighted by Gasteiger charge is 2.32. The molecule has 0 radical (unpaired) electrons. The van der Waals surface area contributed by atoms with Crippen LogP contribution in [0.1, 0.15) is 5.56 Å². The van der Waals surface area contributed by atoms with E-state index in [0.29, 0.717) is 28.2 Å². The second-order valence-electron chi connectivity index (χ2n) is 5.22. The fourth-order valence-corrected chi connectivity index (χ4v) is 3.68. The summed E-state index contributed by atoms with van der Waals surface area (Å²) in [4.78, 5) is 6.21. The summed E-state index contributed by atoms with van der Waals surface area (Å²) in [6, 6.07) is 5.25. The molecular formula is C15H11ClF3N3O3S. The maximum absolute atomic E-state index is 12.8. The summed E-state index contributed by atoms with van der Waals surface area (Å²) >= 11 is 5.86. The molecule has 0 unspecified atom stereocenters. The van der Waals surface area contributed by atoms with Crippen LogP contribution in [0.25, 0.3) is 10.9 Å². The summed E-state index contributed by atoms with van der Waals surface area (Å²) in [5.41, 5.74) is -0.566. The molecular weight excluding hydrogens is 395 g/mol. The zero-order valence-electron chi connectivity index (χ0n) is 13.1. The molecule has 138 valence electrons. The van der Waals surface area contributed by atoms with E-state index in [9.17, 15) is 21.6 Å². The van der Waals surface area contributed by atoms with Gasteiger partial charge in [0.05, 0.1) is 12.7 Å². The number of benzene rings is 1. The van der Waals surface area contributed by atoms with Crippen molar-refractivity contribution >= 4 is 38.3 Å². The molecule has 0 bridgehead atoms. The molecule has 0 aliphatic carbocycles. The quantitative estimate of drug-likeness (QED) is 0.686. The van der Waals surface area contributed by atoms with E-state index in [-0.39, 0.29) is 16.5 Å². The number of pyridine rings is 1. The van der Waals surface area contributed by atoms with Crippen LogP contribution < -0.4 is 9.46 Å². The number of methoxy groups -OCH3 is 1. The van der Waals surface area contributed by atoms with Crippen molar-refractivity contribution in [2.75, 3.05) is 11.8 Å². The first kappa shape index (κ1) is 18.3. The smallest absolute Gasteiger partial charge is 0.418 e. The highest BCUT2D eigenvalue weighted by atomic mass is 35.5. The predicted octanol–water partition coefficient (Wildman–Crippen LogP) is 4.04. The number of anilines is 1. The summed E-state index contributed by atoms with van der Waals surface area (Å²) < 4.78 is 70.5. The molecule has 3 rings (SSSR count). The molecule has 0 aliphatic heterocycles. The van der Waals surface area contributed by atoms with E-state index < -0.39 is 21.8 Å². The molecule has 0 aliphatic rings. The Morgan fingerprint density at radius 2 is 2.00 bits per heavy atom. The minimum Gasteiger partial charge on any atom is -0.493 e. The molecule has 0 spiro atoms. The Balaban J connectivity index is 2.01. The molecule has 0 amide bonds. The van der Waals surface area contributed by atoms with Crippen molar-refractivity contribution < 1.29 is 26.3 Å². The van der Waals surface area contributed by atoms with Gasteiger partial charge in [-0.2, -0.15) is 13.2 Å². The maximum Gasteiger partial charge on any atom is 0.418 e. The third-order valence-electron chi connectivity index (χ3n) is 3.53. The molecule has 3 aromatic rings. The van der Waals surface area contributed by atoms with Gasteiger partial charge in [-0.05, 0) is 24.3 Å². The van der Waals surface area contributed by atoms with Crippen molar-refractivity contribution in [1.29, 1.82) is 0 Å². The Morgan fingerprint density at radius 1 is 1.27 bits per heavy atom. The molecule has 2 heterocycles. The largest absolute Gasteiger partial charge is 0.493 e. The van der Waals surface area contributed by atoms with Crippen LogP contribution in [-0.4, -0.2) is 25.5 Å².